The van der Waals surface area contributed by atoms with Crippen LogP contribution in [0, 0.1) is 6.92 Å². The van der Waals surface area contributed by atoms with E-state index in [-0.39, 0.29) is 17.4 Å². The van der Waals surface area contributed by atoms with Gasteiger partial charge in [0.2, 0.25) is 0 Å². The number of aryl methyl sites for hydroxylation is 1. The molecule has 11 heteroatoms. The topological polar surface area (TPSA) is 115 Å². The fourth-order valence-corrected chi connectivity index (χ4v) is 7.94. The summed E-state index contributed by atoms with van der Waals surface area (Å²) in [5, 5.41) is 2.87. The number of carbonyl (C=O) groups is 2. The predicted molar refractivity (Wildman–Crippen MR) is 171 cm³/mol. The molecule has 232 valence electrons. The molecule has 1 amide bonds. The predicted octanol–water partition coefficient (Wildman–Crippen LogP) is 3.92. The van der Waals surface area contributed by atoms with Crippen LogP contribution in [0.3, 0.4) is 0 Å². The fourth-order valence-electron chi connectivity index (χ4n) is 6.41. The minimum absolute atomic E-state index is 0.123. The summed E-state index contributed by atoms with van der Waals surface area (Å²) >= 11 is 0. The zero-order valence-electron chi connectivity index (χ0n) is 25.5. The first kappa shape index (κ1) is 30.1. The van der Waals surface area contributed by atoms with Crippen LogP contribution in [0.15, 0.2) is 47.4 Å². The van der Waals surface area contributed by atoms with Crippen LogP contribution in [0.4, 0.5) is 11.4 Å². The number of anilines is 2. The zero-order chi connectivity index (χ0) is 31.0. The number of carbonyl (C=O) groups excluding carboxylic acids is 2. The molecule has 1 fully saturated rings. The summed E-state index contributed by atoms with van der Waals surface area (Å²) in [6.45, 7) is 9.23. The molecule has 0 saturated carbocycles. The molecule has 0 spiro atoms. The van der Waals surface area contributed by atoms with E-state index in [0.29, 0.717) is 58.8 Å². The smallest absolute Gasteiger partial charge is 0.340 e. The first-order valence-electron chi connectivity index (χ1n) is 15.2. The molecule has 10 nitrogen and oxygen atoms in total. The van der Waals surface area contributed by atoms with Crippen LogP contribution in [0.5, 0.6) is 0 Å². The lowest BCUT2D eigenvalue weighted by atomic mass is 10.00. The summed E-state index contributed by atoms with van der Waals surface area (Å²) in [5.41, 5.74) is 5.72. The van der Waals surface area contributed by atoms with Crippen molar-refractivity contribution in [3.63, 3.8) is 0 Å². The average Bonchev–Trinajstić information content (AvgIpc) is 3.67. The number of piperazine rings is 1. The summed E-state index contributed by atoms with van der Waals surface area (Å²) in [6.07, 6.45) is 3.86. The van der Waals surface area contributed by atoms with Crippen molar-refractivity contribution in [3.05, 3.63) is 76.1 Å². The van der Waals surface area contributed by atoms with Gasteiger partial charge in [-0.1, -0.05) is 18.2 Å². The second kappa shape index (κ2) is 12.2. The van der Waals surface area contributed by atoms with Gasteiger partial charge in [-0.3, -0.25) is 9.10 Å². The van der Waals surface area contributed by atoms with Crippen molar-refractivity contribution in [2.24, 2.45) is 0 Å². The van der Waals surface area contributed by atoms with E-state index in [4.69, 9.17) is 4.74 Å². The van der Waals surface area contributed by atoms with E-state index in [9.17, 15) is 18.0 Å². The number of likely N-dealkylation sites (N-methyl/N-ethyl adjacent to an activating group) is 1. The molecule has 6 rings (SSSR count). The minimum atomic E-state index is -3.85. The van der Waals surface area contributed by atoms with Crippen LogP contribution in [-0.4, -0.2) is 88.0 Å². The van der Waals surface area contributed by atoms with Crippen LogP contribution in [0.25, 0.3) is 11.6 Å². The van der Waals surface area contributed by atoms with Crippen molar-refractivity contribution < 1.29 is 22.7 Å². The number of hydrogen-bond donors (Lipinski definition) is 2. The number of esters is 1. The summed E-state index contributed by atoms with van der Waals surface area (Å²) < 4.78 is 34.4. The van der Waals surface area contributed by atoms with Gasteiger partial charge in [0.15, 0.2) is 0 Å². The number of hydrogen-bond acceptors (Lipinski definition) is 7. The highest BCUT2D eigenvalue weighted by atomic mass is 32.2. The Kier molecular flexibility index (Phi) is 8.36. The standard InChI is InChI=1S/C33H39N5O5S/c1-4-43-33(40)31-22(2)34-29(25(31)9-7-14-37-18-16-36(3)17-19-37)21-27-26-20-24(11-12-28(26)35-32(27)39)44(41,42)38-15-13-23-8-5-6-10-30(23)38/h5-6,8,10-12,20-21,34H,4,7,9,13-19H2,1-3H3,(H,35,39)/b27-21-. The molecular formula is C33H39N5O5S. The lowest BCUT2D eigenvalue weighted by Crippen LogP contribution is -2.44. The van der Waals surface area contributed by atoms with Gasteiger partial charge in [-0.05, 0) is 88.2 Å². The van der Waals surface area contributed by atoms with Crippen LogP contribution < -0.4 is 9.62 Å². The molecule has 0 bridgehead atoms. The third-order valence-corrected chi connectivity index (χ3v) is 10.6. The SMILES string of the molecule is CCOC(=O)c1c(C)[nH]c(/C=C2\C(=O)Nc3ccc(S(=O)(=O)N4CCc5ccccc54)cc32)c1CCCN1CCN(C)CC1. The highest BCUT2D eigenvalue weighted by Gasteiger charge is 2.33. The van der Waals surface area contributed by atoms with Crippen molar-refractivity contribution in [3.8, 4) is 0 Å². The Morgan fingerprint density at radius 2 is 1.84 bits per heavy atom. The summed E-state index contributed by atoms with van der Waals surface area (Å²) in [5.74, 6) is -0.717. The second-order valence-corrected chi connectivity index (χ2v) is 13.5. The Bertz CT molecular complexity index is 1740. The number of H-pyrrole nitrogens is 1. The van der Waals surface area contributed by atoms with Gasteiger partial charge in [0.1, 0.15) is 0 Å². The van der Waals surface area contributed by atoms with Crippen LogP contribution in [0.1, 0.15) is 51.8 Å². The number of aromatic nitrogens is 1. The third kappa shape index (κ3) is 5.67. The molecule has 44 heavy (non-hydrogen) atoms. The van der Waals surface area contributed by atoms with E-state index in [0.717, 1.165) is 50.3 Å². The Morgan fingerprint density at radius 3 is 2.61 bits per heavy atom. The van der Waals surface area contributed by atoms with Gasteiger partial charge in [0.25, 0.3) is 15.9 Å². The number of nitrogens with zero attached hydrogens (tertiary/aromatic N) is 3. The maximum absolute atomic E-state index is 13.8. The number of fused-ring (bicyclic) bond motifs is 2. The molecule has 0 radical (unpaired) electrons. The number of rotatable bonds is 9. The van der Waals surface area contributed by atoms with E-state index >= 15 is 0 Å². The average molecular weight is 618 g/mol. The second-order valence-electron chi connectivity index (χ2n) is 11.7. The molecule has 4 heterocycles. The first-order valence-corrected chi connectivity index (χ1v) is 16.7. The molecule has 0 atom stereocenters. The third-order valence-electron chi connectivity index (χ3n) is 8.80. The number of aromatic amines is 1. The van der Waals surface area contributed by atoms with Crippen molar-refractivity contribution in [2.75, 3.05) is 62.5 Å². The van der Waals surface area contributed by atoms with Gasteiger partial charge < -0.3 is 24.8 Å². The number of amides is 1. The number of benzene rings is 2. The number of para-hydroxylation sites is 1. The van der Waals surface area contributed by atoms with Crippen molar-refractivity contribution in [1.82, 2.24) is 14.8 Å². The molecule has 3 aromatic rings. The summed E-state index contributed by atoms with van der Waals surface area (Å²) in [7, 11) is -1.72. The van der Waals surface area contributed by atoms with E-state index in [1.165, 1.54) is 4.31 Å². The molecule has 0 aliphatic carbocycles. The van der Waals surface area contributed by atoms with E-state index in [1.54, 1.807) is 31.2 Å². The Labute approximate surface area is 258 Å². The van der Waals surface area contributed by atoms with Crippen molar-refractivity contribution >= 4 is 44.9 Å². The largest absolute Gasteiger partial charge is 0.462 e. The molecule has 1 aromatic heterocycles. The van der Waals surface area contributed by atoms with E-state index in [1.807, 2.05) is 31.2 Å². The molecule has 1 saturated heterocycles. The van der Waals surface area contributed by atoms with E-state index in [2.05, 4.69) is 27.1 Å². The number of sulfonamides is 1. The van der Waals surface area contributed by atoms with Gasteiger partial charge in [-0.25, -0.2) is 13.2 Å². The molecule has 3 aliphatic heterocycles. The monoisotopic (exact) mass is 617 g/mol. The van der Waals surface area contributed by atoms with Gasteiger partial charge in [-0.2, -0.15) is 0 Å². The zero-order valence-corrected chi connectivity index (χ0v) is 26.3. The maximum atomic E-state index is 13.8. The Morgan fingerprint density at radius 1 is 1.07 bits per heavy atom. The molecule has 2 N–H and O–H groups in total. The Balaban J connectivity index is 1.33. The van der Waals surface area contributed by atoms with Gasteiger partial charge in [0.05, 0.1) is 28.3 Å². The molecule has 0 unspecified atom stereocenters. The Hall–Kier alpha value is -3.93. The van der Waals surface area contributed by atoms with Crippen LogP contribution >= 0.6 is 0 Å². The minimum Gasteiger partial charge on any atom is -0.462 e. The van der Waals surface area contributed by atoms with Gasteiger partial charge >= 0.3 is 5.97 Å². The molecular weight excluding hydrogens is 578 g/mol. The van der Waals surface area contributed by atoms with Gasteiger partial charge in [-0.15, -0.1) is 0 Å². The molecule has 3 aliphatic rings. The van der Waals surface area contributed by atoms with E-state index < -0.39 is 16.0 Å². The highest BCUT2D eigenvalue weighted by molar-refractivity contribution is 7.92. The van der Waals surface area contributed by atoms with Crippen molar-refractivity contribution in [2.45, 2.75) is 38.0 Å². The molecule has 2 aromatic carbocycles. The summed E-state index contributed by atoms with van der Waals surface area (Å²) in [6, 6.07) is 12.3. The normalized spacial score (nSPS) is 18.0. The highest BCUT2D eigenvalue weighted by Crippen LogP contribution is 2.38. The van der Waals surface area contributed by atoms with Crippen LogP contribution in [0.2, 0.25) is 0 Å². The number of nitrogens with one attached hydrogen (secondary N) is 2. The first-order chi connectivity index (χ1) is 21.2. The maximum Gasteiger partial charge on any atom is 0.340 e. The fraction of sp³-hybridized carbons (Fsp3) is 0.394. The number of ether oxygens (including phenoxy) is 1. The quantitative estimate of drug-likeness (QED) is 0.276. The lowest BCUT2D eigenvalue weighted by molar-refractivity contribution is -0.110. The van der Waals surface area contributed by atoms with Crippen LogP contribution in [-0.2, 0) is 32.4 Å². The van der Waals surface area contributed by atoms with Gasteiger partial charge in [0, 0.05) is 55.4 Å². The summed E-state index contributed by atoms with van der Waals surface area (Å²) in [4.78, 5) is 34.5. The lowest BCUT2D eigenvalue weighted by Gasteiger charge is -2.32. The van der Waals surface area contributed by atoms with Crippen molar-refractivity contribution in [1.29, 1.82) is 0 Å².